The van der Waals surface area contributed by atoms with Gasteiger partial charge in [0.05, 0.1) is 23.9 Å². The second kappa shape index (κ2) is 10.6. The fraction of sp³-hybridized carbons (Fsp3) is 0.158. The van der Waals surface area contributed by atoms with Crippen molar-refractivity contribution >= 4 is 34.0 Å². The van der Waals surface area contributed by atoms with Gasteiger partial charge in [0, 0.05) is 28.7 Å². The molecule has 5 heteroatoms. The summed E-state index contributed by atoms with van der Waals surface area (Å²) >= 11 is 0. The minimum Gasteiger partial charge on any atom is -0.497 e. The zero-order valence-electron chi connectivity index (χ0n) is 24.6. The van der Waals surface area contributed by atoms with Crippen LogP contribution in [-0.2, 0) is 22.6 Å². The van der Waals surface area contributed by atoms with E-state index in [2.05, 4.69) is 28.8 Å². The Labute approximate surface area is 251 Å². The minimum atomic E-state index is -0.305. The van der Waals surface area contributed by atoms with E-state index in [9.17, 15) is 9.59 Å². The van der Waals surface area contributed by atoms with Gasteiger partial charge in [0.1, 0.15) is 5.75 Å². The van der Waals surface area contributed by atoms with Gasteiger partial charge in [-0.2, -0.15) is 0 Å². The molecule has 2 heterocycles. The second-order valence-electron chi connectivity index (χ2n) is 11.1. The third-order valence-electron chi connectivity index (χ3n) is 8.64. The molecule has 5 aromatic rings. The Morgan fingerprint density at radius 2 is 1.60 bits per heavy atom. The van der Waals surface area contributed by atoms with Crippen LogP contribution in [0.3, 0.4) is 0 Å². The van der Waals surface area contributed by atoms with Crippen LogP contribution in [0.15, 0.2) is 109 Å². The van der Waals surface area contributed by atoms with Gasteiger partial charge < -0.3 is 9.30 Å². The predicted octanol–water partition coefficient (Wildman–Crippen LogP) is 7.87. The monoisotopic (exact) mass is 564 g/mol. The molecule has 2 amide bonds. The number of nitrogens with zero attached hydrogens (tertiary/aromatic N) is 2. The average Bonchev–Trinajstić information content (AvgIpc) is 3.61. The number of ether oxygens (including phenoxy) is 1. The van der Waals surface area contributed by atoms with Crippen molar-refractivity contribution in [2.24, 2.45) is 0 Å². The van der Waals surface area contributed by atoms with Crippen LogP contribution in [0.2, 0.25) is 0 Å². The SMILES string of the molecule is CCC=CC1=C(c2c(C)n(Cc3ccccc3)c3ccc(OC)cc23)C(=O)N(c2ccc3c(c2)Cc2ccccc2-3)C1=O. The number of rotatable bonds is 7. The van der Waals surface area contributed by atoms with Crippen molar-refractivity contribution in [3.8, 4) is 16.9 Å². The Morgan fingerprint density at radius 1 is 0.837 bits per heavy atom. The smallest absolute Gasteiger partial charge is 0.266 e. The number of hydrogen-bond donors (Lipinski definition) is 0. The van der Waals surface area contributed by atoms with E-state index in [1.807, 2.05) is 92.7 Å². The quantitative estimate of drug-likeness (QED) is 0.185. The van der Waals surface area contributed by atoms with Crippen molar-refractivity contribution in [2.45, 2.75) is 33.2 Å². The maximum Gasteiger partial charge on any atom is 0.266 e. The molecular weight excluding hydrogens is 532 g/mol. The zero-order chi connectivity index (χ0) is 29.7. The molecule has 5 nitrogen and oxygen atoms in total. The van der Waals surface area contributed by atoms with Crippen LogP contribution in [0.1, 0.15) is 41.3 Å². The van der Waals surface area contributed by atoms with Crippen LogP contribution in [0.4, 0.5) is 5.69 Å². The van der Waals surface area contributed by atoms with Crippen LogP contribution in [-0.4, -0.2) is 23.5 Å². The number of amides is 2. The molecule has 0 bridgehead atoms. The fourth-order valence-electron chi connectivity index (χ4n) is 6.56. The number of aromatic nitrogens is 1. The maximum atomic E-state index is 14.5. The van der Waals surface area contributed by atoms with Crippen LogP contribution in [0, 0.1) is 6.92 Å². The molecular formula is C38H32N2O3. The van der Waals surface area contributed by atoms with E-state index in [0.29, 0.717) is 29.1 Å². The summed E-state index contributed by atoms with van der Waals surface area (Å²) in [5.74, 6) is 0.0935. The third kappa shape index (κ3) is 4.31. The first-order valence-electron chi connectivity index (χ1n) is 14.7. The van der Waals surface area contributed by atoms with E-state index >= 15 is 0 Å². The van der Waals surface area contributed by atoms with Gasteiger partial charge in [-0.1, -0.05) is 79.7 Å². The second-order valence-corrected chi connectivity index (χ2v) is 11.1. The van der Waals surface area contributed by atoms with E-state index in [1.165, 1.54) is 16.0 Å². The Morgan fingerprint density at radius 3 is 2.40 bits per heavy atom. The first-order chi connectivity index (χ1) is 21.0. The average molecular weight is 565 g/mol. The number of carbonyl (C=O) groups excluding carboxylic acids is 2. The normalized spacial score (nSPS) is 14.3. The lowest BCUT2D eigenvalue weighted by molar-refractivity contribution is -0.119. The minimum absolute atomic E-state index is 0.300. The summed E-state index contributed by atoms with van der Waals surface area (Å²) in [6.07, 6.45) is 5.30. The molecule has 0 saturated heterocycles. The Balaban J connectivity index is 1.39. The van der Waals surface area contributed by atoms with Gasteiger partial charge in [-0.05, 0) is 77.9 Å². The largest absolute Gasteiger partial charge is 0.497 e. The highest BCUT2D eigenvalue weighted by molar-refractivity contribution is 6.47. The Hall–Kier alpha value is -5.16. The Bertz CT molecular complexity index is 2000. The highest BCUT2D eigenvalue weighted by Crippen LogP contribution is 2.43. The molecule has 0 atom stereocenters. The molecule has 1 aliphatic heterocycles. The number of benzene rings is 4. The topological polar surface area (TPSA) is 51.5 Å². The molecule has 0 N–H and O–H groups in total. The van der Waals surface area contributed by atoms with Crippen LogP contribution < -0.4 is 9.64 Å². The Kier molecular flexibility index (Phi) is 6.58. The van der Waals surface area contributed by atoms with Gasteiger partial charge in [-0.25, -0.2) is 4.90 Å². The van der Waals surface area contributed by atoms with Crippen molar-refractivity contribution in [3.63, 3.8) is 0 Å². The lowest BCUT2D eigenvalue weighted by Crippen LogP contribution is -2.31. The summed E-state index contributed by atoms with van der Waals surface area (Å²) in [6, 6.07) is 30.5. The zero-order valence-corrected chi connectivity index (χ0v) is 24.6. The van der Waals surface area contributed by atoms with E-state index in [0.717, 1.165) is 51.7 Å². The van der Waals surface area contributed by atoms with Gasteiger partial charge in [-0.3, -0.25) is 9.59 Å². The first-order valence-corrected chi connectivity index (χ1v) is 14.7. The molecule has 0 saturated carbocycles. The van der Waals surface area contributed by atoms with Crippen LogP contribution in [0.25, 0.3) is 27.6 Å². The summed E-state index contributed by atoms with van der Waals surface area (Å²) in [7, 11) is 1.64. The highest BCUT2D eigenvalue weighted by Gasteiger charge is 2.41. The number of carbonyl (C=O) groups is 2. The van der Waals surface area contributed by atoms with Crippen molar-refractivity contribution < 1.29 is 14.3 Å². The summed E-state index contributed by atoms with van der Waals surface area (Å²) in [5.41, 5.74) is 10.0. The molecule has 0 radical (unpaired) electrons. The number of methoxy groups -OCH3 is 1. The number of allylic oxidation sites excluding steroid dienone is 1. The number of hydrogen-bond acceptors (Lipinski definition) is 3. The molecule has 0 spiro atoms. The van der Waals surface area contributed by atoms with Crippen LogP contribution in [0.5, 0.6) is 5.75 Å². The van der Waals surface area contributed by atoms with E-state index in [1.54, 1.807) is 7.11 Å². The molecule has 4 aromatic carbocycles. The van der Waals surface area contributed by atoms with Crippen molar-refractivity contribution in [3.05, 3.63) is 137 Å². The lowest BCUT2D eigenvalue weighted by Gasteiger charge is -2.17. The first kappa shape index (κ1) is 26.7. The van der Waals surface area contributed by atoms with E-state index in [-0.39, 0.29) is 11.8 Å². The van der Waals surface area contributed by atoms with E-state index in [4.69, 9.17) is 4.74 Å². The molecule has 212 valence electrons. The van der Waals surface area contributed by atoms with Gasteiger partial charge >= 0.3 is 0 Å². The molecule has 7 rings (SSSR count). The lowest BCUT2D eigenvalue weighted by atomic mass is 9.98. The maximum absolute atomic E-state index is 14.5. The van der Waals surface area contributed by atoms with Crippen molar-refractivity contribution in [1.82, 2.24) is 4.57 Å². The molecule has 2 aliphatic rings. The molecule has 1 aliphatic carbocycles. The summed E-state index contributed by atoms with van der Waals surface area (Å²) < 4.78 is 7.83. The molecule has 43 heavy (non-hydrogen) atoms. The van der Waals surface area contributed by atoms with E-state index < -0.39 is 0 Å². The highest BCUT2D eigenvalue weighted by atomic mass is 16.5. The van der Waals surface area contributed by atoms with Crippen molar-refractivity contribution in [1.29, 1.82) is 0 Å². The fourth-order valence-corrected chi connectivity index (χ4v) is 6.56. The summed E-state index contributed by atoms with van der Waals surface area (Å²) in [4.78, 5) is 30.0. The number of anilines is 1. The third-order valence-corrected chi connectivity index (χ3v) is 8.64. The summed E-state index contributed by atoms with van der Waals surface area (Å²) in [5, 5.41) is 0.887. The molecule has 0 unspecified atom stereocenters. The number of fused-ring (bicyclic) bond motifs is 4. The predicted molar refractivity (Wildman–Crippen MR) is 172 cm³/mol. The molecule has 0 fully saturated rings. The van der Waals surface area contributed by atoms with Crippen LogP contribution >= 0.6 is 0 Å². The molecule has 1 aromatic heterocycles. The van der Waals surface area contributed by atoms with Crippen molar-refractivity contribution in [2.75, 3.05) is 12.0 Å². The van der Waals surface area contributed by atoms with Gasteiger partial charge in [-0.15, -0.1) is 0 Å². The van der Waals surface area contributed by atoms with Gasteiger partial charge in [0.15, 0.2) is 0 Å². The van der Waals surface area contributed by atoms with Gasteiger partial charge in [0.25, 0.3) is 11.8 Å². The van der Waals surface area contributed by atoms with Gasteiger partial charge in [0.2, 0.25) is 0 Å². The number of imide groups is 1. The summed E-state index contributed by atoms with van der Waals surface area (Å²) in [6.45, 7) is 4.70. The standard InChI is InChI=1S/C38H32N2O3/c1-4-5-14-32-36(35-24(2)39(23-25-11-7-6-8-12-25)34-19-17-29(43-3)22-33(34)35)38(42)40(37(32)41)28-16-18-31-27(21-28)20-26-13-9-10-15-30(26)31/h5-19,21-22H,4,20,23H2,1-3H3.